The molecule has 1 rings (SSSR count). The maximum Gasteiger partial charge on any atom is 0.147 e. The van der Waals surface area contributed by atoms with Crippen LogP contribution in [0.2, 0.25) is 0 Å². The molecule has 0 aliphatic heterocycles. The molecule has 0 spiro atoms. The Hall–Kier alpha value is -0.420. The van der Waals surface area contributed by atoms with Crippen molar-refractivity contribution < 1.29 is 13.2 Å². The van der Waals surface area contributed by atoms with Gasteiger partial charge in [0.05, 0.1) is 5.75 Å². The molecule has 0 unspecified atom stereocenters. The number of ketones is 1. The highest BCUT2D eigenvalue weighted by atomic mass is 32.2. The molecular weight excluding hydrogens is 214 g/mol. The van der Waals surface area contributed by atoms with Crippen molar-refractivity contribution in [3.8, 4) is 0 Å². The minimum Gasteiger partial charge on any atom is -0.329 e. The molecule has 0 heterocycles. The monoisotopic (exact) mass is 233 g/mol. The number of rotatable bonds is 6. The number of carbonyl (C=O) groups excluding carboxylic acids is 1. The summed E-state index contributed by atoms with van der Waals surface area (Å²) in [6.07, 6.45) is 4.79. The van der Waals surface area contributed by atoms with Crippen LogP contribution in [0.3, 0.4) is 0 Å². The van der Waals surface area contributed by atoms with Crippen LogP contribution < -0.4 is 5.73 Å². The Bertz CT molecular complexity index is 325. The van der Waals surface area contributed by atoms with Gasteiger partial charge in [0.2, 0.25) is 0 Å². The quantitative estimate of drug-likeness (QED) is 0.725. The van der Waals surface area contributed by atoms with E-state index in [0.29, 0.717) is 19.4 Å². The number of hydrogen-bond acceptors (Lipinski definition) is 4. The molecule has 0 atom stereocenters. The summed E-state index contributed by atoms with van der Waals surface area (Å²) >= 11 is 0. The molecule has 0 aromatic carbocycles. The second-order valence-corrected chi connectivity index (χ2v) is 6.75. The second kappa shape index (κ2) is 4.61. The molecule has 0 aromatic rings. The first-order valence-electron chi connectivity index (χ1n) is 5.31. The smallest absolute Gasteiger partial charge is 0.147 e. The average Bonchev–Trinajstić information content (AvgIpc) is 2.00. The molecule has 0 saturated heterocycles. The summed E-state index contributed by atoms with van der Waals surface area (Å²) in [6, 6.07) is 0. The fraction of sp³-hybridized carbons (Fsp3) is 0.900. The lowest BCUT2D eigenvalue weighted by molar-refractivity contribution is -0.132. The molecule has 1 aliphatic rings. The maximum absolute atomic E-state index is 11.8. The van der Waals surface area contributed by atoms with E-state index in [4.69, 9.17) is 5.73 Å². The van der Waals surface area contributed by atoms with Crippen LogP contribution in [0.1, 0.15) is 32.1 Å². The van der Waals surface area contributed by atoms with Crippen LogP contribution in [0.15, 0.2) is 0 Å². The third kappa shape index (κ3) is 3.28. The number of Topliss-reactive ketones (excluding diaryl/α,β-unsaturated/α-hetero) is 1. The van der Waals surface area contributed by atoms with Gasteiger partial charge in [0.25, 0.3) is 0 Å². The Morgan fingerprint density at radius 1 is 1.40 bits per heavy atom. The van der Waals surface area contributed by atoms with Gasteiger partial charge in [-0.25, -0.2) is 8.42 Å². The highest BCUT2D eigenvalue weighted by Gasteiger charge is 2.41. The van der Waals surface area contributed by atoms with Gasteiger partial charge < -0.3 is 5.73 Å². The zero-order chi connectivity index (χ0) is 11.5. The molecule has 5 heteroatoms. The summed E-state index contributed by atoms with van der Waals surface area (Å²) in [7, 11) is -2.94. The van der Waals surface area contributed by atoms with Gasteiger partial charge in [0.15, 0.2) is 0 Å². The standard InChI is InChI=1S/C10H19NO3S/c1-15(13,14)7-2-4-9(12)10(8-11)5-3-6-10/h2-8,11H2,1H3. The van der Waals surface area contributed by atoms with Gasteiger partial charge in [-0.1, -0.05) is 6.42 Å². The average molecular weight is 233 g/mol. The lowest BCUT2D eigenvalue weighted by Crippen LogP contribution is -2.44. The highest BCUT2D eigenvalue weighted by molar-refractivity contribution is 7.90. The summed E-state index contributed by atoms with van der Waals surface area (Å²) in [6.45, 7) is 0.407. The number of nitrogens with two attached hydrogens (primary N) is 1. The first-order chi connectivity index (χ1) is 6.90. The van der Waals surface area contributed by atoms with Crippen molar-refractivity contribution in [2.24, 2.45) is 11.1 Å². The summed E-state index contributed by atoms with van der Waals surface area (Å²) in [5, 5.41) is 0. The predicted molar refractivity (Wildman–Crippen MR) is 59.3 cm³/mol. The van der Waals surface area contributed by atoms with Crippen molar-refractivity contribution in [1.82, 2.24) is 0 Å². The zero-order valence-electron chi connectivity index (χ0n) is 9.16. The Labute approximate surface area is 91.1 Å². The van der Waals surface area contributed by atoms with E-state index in [2.05, 4.69) is 0 Å². The Balaban J connectivity index is 2.36. The fourth-order valence-electron chi connectivity index (χ4n) is 1.96. The first-order valence-corrected chi connectivity index (χ1v) is 7.37. The number of hydrogen-bond donors (Lipinski definition) is 1. The number of sulfone groups is 1. The largest absolute Gasteiger partial charge is 0.329 e. The van der Waals surface area contributed by atoms with Crippen molar-refractivity contribution in [2.75, 3.05) is 18.6 Å². The van der Waals surface area contributed by atoms with Gasteiger partial charge in [0.1, 0.15) is 15.6 Å². The van der Waals surface area contributed by atoms with Crippen LogP contribution in [0, 0.1) is 5.41 Å². The van der Waals surface area contributed by atoms with Crippen molar-refractivity contribution in [3.63, 3.8) is 0 Å². The predicted octanol–water partition coefficient (Wildman–Crippen LogP) is 0.509. The van der Waals surface area contributed by atoms with Crippen molar-refractivity contribution >= 4 is 15.6 Å². The third-order valence-electron chi connectivity index (χ3n) is 3.21. The Morgan fingerprint density at radius 2 is 2.00 bits per heavy atom. The maximum atomic E-state index is 11.8. The molecule has 1 fully saturated rings. The molecule has 15 heavy (non-hydrogen) atoms. The van der Waals surface area contributed by atoms with Crippen LogP contribution >= 0.6 is 0 Å². The van der Waals surface area contributed by atoms with E-state index in [1.807, 2.05) is 0 Å². The molecule has 0 aromatic heterocycles. The van der Waals surface area contributed by atoms with Crippen molar-refractivity contribution in [2.45, 2.75) is 32.1 Å². The van der Waals surface area contributed by atoms with E-state index in [1.165, 1.54) is 6.26 Å². The van der Waals surface area contributed by atoms with Gasteiger partial charge >= 0.3 is 0 Å². The summed E-state index contributed by atoms with van der Waals surface area (Å²) in [5.41, 5.74) is 5.28. The minimum absolute atomic E-state index is 0.0966. The summed E-state index contributed by atoms with van der Waals surface area (Å²) < 4.78 is 21.8. The van der Waals surface area contributed by atoms with Crippen LogP contribution in [0.4, 0.5) is 0 Å². The summed E-state index contributed by atoms with van der Waals surface area (Å²) in [5.74, 6) is 0.249. The minimum atomic E-state index is -2.94. The van der Waals surface area contributed by atoms with E-state index < -0.39 is 9.84 Å². The molecule has 88 valence electrons. The third-order valence-corrected chi connectivity index (χ3v) is 4.24. The second-order valence-electron chi connectivity index (χ2n) is 4.49. The molecule has 1 aliphatic carbocycles. The van der Waals surface area contributed by atoms with E-state index in [-0.39, 0.29) is 17.0 Å². The molecule has 4 nitrogen and oxygen atoms in total. The van der Waals surface area contributed by atoms with Crippen LogP contribution in [0.5, 0.6) is 0 Å². The van der Waals surface area contributed by atoms with Gasteiger partial charge in [-0.15, -0.1) is 0 Å². The normalized spacial score (nSPS) is 19.6. The molecule has 1 saturated carbocycles. The SMILES string of the molecule is CS(=O)(=O)CCCC(=O)C1(CN)CCC1. The van der Waals surface area contributed by atoms with Gasteiger partial charge in [0, 0.05) is 24.6 Å². The van der Waals surface area contributed by atoms with Crippen LogP contribution in [-0.4, -0.2) is 32.8 Å². The molecule has 2 N–H and O–H groups in total. The summed E-state index contributed by atoms with van der Waals surface area (Å²) in [4.78, 5) is 11.8. The first kappa shape index (κ1) is 12.6. The molecule has 0 radical (unpaired) electrons. The fourth-order valence-corrected chi connectivity index (χ4v) is 2.63. The van der Waals surface area contributed by atoms with E-state index >= 15 is 0 Å². The molecule has 0 amide bonds. The van der Waals surface area contributed by atoms with E-state index in [1.54, 1.807) is 0 Å². The van der Waals surface area contributed by atoms with Crippen LogP contribution in [-0.2, 0) is 14.6 Å². The van der Waals surface area contributed by atoms with Gasteiger partial charge in [-0.2, -0.15) is 0 Å². The van der Waals surface area contributed by atoms with Gasteiger partial charge in [-0.05, 0) is 19.3 Å². The lowest BCUT2D eigenvalue weighted by atomic mass is 9.65. The van der Waals surface area contributed by atoms with E-state index in [9.17, 15) is 13.2 Å². The molecule has 0 bridgehead atoms. The topological polar surface area (TPSA) is 77.2 Å². The Morgan fingerprint density at radius 3 is 2.33 bits per heavy atom. The molecular formula is C10H19NO3S. The van der Waals surface area contributed by atoms with E-state index in [0.717, 1.165) is 19.3 Å². The highest BCUT2D eigenvalue weighted by Crippen LogP contribution is 2.41. The lowest BCUT2D eigenvalue weighted by Gasteiger charge is -2.39. The van der Waals surface area contributed by atoms with Gasteiger partial charge in [-0.3, -0.25) is 4.79 Å². The Kier molecular flexibility index (Phi) is 3.89. The van der Waals surface area contributed by atoms with Crippen molar-refractivity contribution in [3.05, 3.63) is 0 Å². The number of carbonyl (C=O) groups is 1. The van der Waals surface area contributed by atoms with Crippen molar-refractivity contribution in [1.29, 1.82) is 0 Å². The zero-order valence-corrected chi connectivity index (χ0v) is 9.98. The van der Waals surface area contributed by atoms with Crippen LogP contribution in [0.25, 0.3) is 0 Å².